The molecule has 1 heterocycles. The summed E-state index contributed by atoms with van der Waals surface area (Å²) in [6, 6.07) is 11.8. The summed E-state index contributed by atoms with van der Waals surface area (Å²) in [5, 5.41) is 12.0. The van der Waals surface area contributed by atoms with Crippen molar-refractivity contribution in [2.45, 2.75) is 13.3 Å². The molecule has 0 spiro atoms. The molecule has 2 aromatic carbocycles. The number of hydrogen-bond acceptors (Lipinski definition) is 7. The SMILES string of the molecule is CCN(CCC=S(=O)=O)c1c2oc3ccccc3nc-2c2cc(O)ccc2c1=O. The minimum absolute atomic E-state index is 0.0285. The molecule has 1 aliphatic carbocycles. The molecule has 0 aromatic heterocycles. The number of para-hydroxylation sites is 2. The molecule has 0 saturated carbocycles. The number of aromatic hydroxyl groups is 1. The summed E-state index contributed by atoms with van der Waals surface area (Å²) in [5.74, 6) is 0.345. The predicted octanol–water partition coefficient (Wildman–Crippen LogP) is 3.05. The van der Waals surface area contributed by atoms with Gasteiger partial charge in [0.15, 0.2) is 11.3 Å². The van der Waals surface area contributed by atoms with Gasteiger partial charge in [-0.2, -0.15) is 8.42 Å². The Balaban J connectivity index is 2.07. The van der Waals surface area contributed by atoms with Gasteiger partial charge in [-0.25, -0.2) is 4.98 Å². The summed E-state index contributed by atoms with van der Waals surface area (Å²) in [6.45, 7) is 2.70. The fourth-order valence-corrected chi connectivity index (χ4v) is 3.78. The van der Waals surface area contributed by atoms with Gasteiger partial charge in [0.05, 0.1) is 0 Å². The van der Waals surface area contributed by atoms with E-state index in [9.17, 15) is 18.3 Å². The molecule has 7 nitrogen and oxygen atoms in total. The van der Waals surface area contributed by atoms with Crippen LogP contribution in [0.2, 0.25) is 0 Å². The van der Waals surface area contributed by atoms with Crippen LogP contribution in [0.15, 0.2) is 51.7 Å². The largest absolute Gasteiger partial charge is 0.508 e. The van der Waals surface area contributed by atoms with E-state index < -0.39 is 10.3 Å². The first kappa shape index (κ1) is 18.9. The Hall–Kier alpha value is -3.39. The van der Waals surface area contributed by atoms with Gasteiger partial charge < -0.3 is 14.4 Å². The lowest BCUT2D eigenvalue weighted by atomic mass is 10.0. The van der Waals surface area contributed by atoms with Crippen molar-refractivity contribution in [2.24, 2.45) is 0 Å². The van der Waals surface area contributed by atoms with Crippen LogP contribution < -0.4 is 10.3 Å². The van der Waals surface area contributed by atoms with Crippen LogP contribution in [0.5, 0.6) is 5.75 Å². The zero-order valence-electron chi connectivity index (χ0n) is 15.6. The maximum absolute atomic E-state index is 13.3. The van der Waals surface area contributed by atoms with Gasteiger partial charge in [-0.15, -0.1) is 0 Å². The highest BCUT2D eigenvalue weighted by molar-refractivity contribution is 7.71. The Morgan fingerprint density at radius 1 is 1.17 bits per heavy atom. The van der Waals surface area contributed by atoms with Gasteiger partial charge in [-0.05, 0) is 43.7 Å². The molecular weight excluding hydrogens is 392 g/mol. The second-order valence-corrected chi connectivity index (χ2v) is 7.42. The molecule has 0 fully saturated rings. The second-order valence-electron chi connectivity index (χ2n) is 6.56. The summed E-state index contributed by atoms with van der Waals surface area (Å²) in [4.78, 5) is 19.8. The first-order chi connectivity index (χ1) is 14.0. The Morgan fingerprint density at radius 2 is 1.97 bits per heavy atom. The van der Waals surface area contributed by atoms with E-state index in [1.807, 2.05) is 25.1 Å². The summed E-state index contributed by atoms with van der Waals surface area (Å²) >= 11 is 0. The third kappa shape index (κ3) is 3.42. The van der Waals surface area contributed by atoms with Crippen molar-refractivity contribution in [2.75, 3.05) is 18.0 Å². The van der Waals surface area contributed by atoms with E-state index >= 15 is 0 Å². The molecule has 4 rings (SSSR count). The summed E-state index contributed by atoms with van der Waals surface area (Å²) in [6.07, 6.45) is 0.263. The maximum Gasteiger partial charge on any atom is 0.213 e. The monoisotopic (exact) mass is 410 g/mol. The van der Waals surface area contributed by atoms with Crippen LogP contribution >= 0.6 is 0 Å². The maximum atomic E-state index is 13.3. The van der Waals surface area contributed by atoms with Gasteiger partial charge >= 0.3 is 0 Å². The summed E-state index contributed by atoms with van der Waals surface area (Å²) in [7, 11) is -2.26. The highest BCUT2D eigenvalue weighted by Gasteiger charge is 2.25. The van der Waals surface area contributed by atoms with Crippen molar-refractivity contribution in [3.8, 4) is 17.2 Å². The average Bonchev–Trinajstić information content (AvgIpc) is 2.71. The molecule has 1 N–H and O–H groups in total. The molecule has 1 aliphatic heterocycles. The molecule has 2 aromatic rings. The fourth-order valence-electron chi connectivity index (χ4n) is 3.49. The lowest BCUT2D eigenvalue weighted by Crippen LogP contribution is -2.30. The van der Waals surface area contributed by atoms with Crippen LogP contribution in [0, 0.1) is 0 Å². The fraction of sp³-hybridized carbons (Fsp3) is 0.190. The zero-order chi connectivity index (χ0) is 20.5. The Morgan fingerprint density at radius 3 is 2.72 bits per heavy atom. The first-order valence-electron chi connectivity index (χ1n) is 9.14. The van der Waals surface area contributed by atoms with Gasteiger partial charge in [0, 0.05) is 29.2 Å². The zero-order valence-corrected chi connectivity index (χ0v) is 16.4. The van der Waals surface area contributed by atoms with Crippen molar-refractivity contribution in [3.63, 3.8) is 0 Å². The van der Waals surface area contributed by atoms with Crippen molar-refractivity contribution in [3.05, 3.63) is 52.7 Å². The van der Waals surface area contributed by atoms with Gasteiger partial charge in [0.1, 0.15) is 22.6 Å². The van der Waals surface area contributed by atoms with E-state index in [4.69, 9.17) is 9.40 Å². The molecule has 0 saturated heterocycles. The van der Waals surface area contributed by atoms with E-state index in [0.717, 1.165) is 0 Å². The topological polar surface area (TPSA) is 101 Å². The van der Waals surface area contributed by atoms with Crippen LogP contribution in [0.3, 0.4) is 0 Å². The number of anilines is 1. The van der Waals surface area contributed by atoms with Gasteiger partial charge in [-0.3, -0.25) is 4.79 Å². The summed E-state index contributed by atoms with van der Waals surface area (Å²) < 4.78 is 27.8. The third-order valence-electron chi connectivity index (χ3n) is 4.81. The van der Waals surface area contributed by atoms with Crippen molar-refractivity contribution in [1.29, 1.82) is 0 Å². The highest BCUT2D eigenvalue weighted by Crippen LogP contribution is 2.37. The number of nitrogens with zero attached hydrogens (tertiary/aromatic N) is 2. The predicted molar refractivity (Wildman–Crippen MR) is 114 cm³/mol. The lowest BCUT2D eigenvalue weighted by Gasteiger charge is -2.25. The second kappa shape index (κ2) is 7.56. The number of rotatable bonds is 5. The van der Waals surface area contributed by atoms with Gasteiger partial charge in [-0.1, -0.05) is 12.1 Å². The summed E-state index contributed by atoms with van der Waals surface area (Å²) in [5.41, 5.74) is 1.72. The van der Waals surface area contributed by atoms with E-state index in [1.165, 1.54) is 17.5 Å². The Labute approximate surface area is 167 Å². The number of phenols is 1. The van der Waals surface area contributed by atoms with E-state index in [1.54, 1.807) is 17.0 Å². The van der Waals surface area contributed by atoms with Crippen LogP contribution in [0.4, 0.5) is 5.69 Å². The van der Waals surface area contributed by atoms with Gasteiger partial charge in [0.2, 0.25) is 15.7 Å². The Bertz CT molecular complexity index is 1380. The molecule has 0 unspecified atom stereocenters. The third-order valence-corrected chi connectivity index (χ3v) is 5.32. The van der Waals surface area contributed by atoms with Crippen molar-refractivity contribution in [1.82, 2.24) is 4.98 Å². The molecule has 2 aliphatic rings. The molecule has 0 amide bonds. The normalized spacial score (nSPS) is 11.2. The van der Waals surface area contributed by atoms with E-state index in [2.05, 4.69) is 0 Å². The number of benzene rings is 3. The number of phenolic OH excluding ortho intramolecular Hbond substituents is 1. The molecular formula is C21H18N2O5S. The molecule has 0 atom stereocenters. The Kier molecular flexibility index (Phi) is 4.94. The minimum atomic E-state index is -2.26. The van der Waals surface area contributed by atoms with Crippen LogP contribution in [-0.4, -0.2) is 37.0 Å². The van der Waals surface area contributed by atoms with Gasteiger partial charge in [0.25, 0.3) is 0 Å². The molecule has 0 bridgehead atoms. The van der Waals surface area contributed by atoms with E-state index in [0.29, 0.717) is 52.1 Å². The van der Waals surface area contributed by atoms with Crippen molar-refractivity contribution < 1.29 is 17.9 Å². The number of aromatic nitrogens is 1. The standard InChI is InChI=1S/C21H18N2O5S/c1-2-23(10-5-11-29(26)27)19-20(25)14-9-8-13(24)12-15(14)18-21(19)28-17-7-4-3-6-16(17)22-18/h3-4,6-9,11-12,24H,2,5,10H2,1H3. The molecule has 8 heteroatoms. The quantitative estimate of drug-likeness (QED) is 0.307. The molecule has 0 radical (unpaired) electrons. The number of fused-ring (bicyclic) bond motifs is 4. The molecule has 148 valence electrons. The average molecular weight is 410 g/mol. The minimum Gasteiger partial charge on any atom is -0.508 e. The van der Waals surface area contributed by atoms with E-state index in [-0.39, 0.29) is 17.6 Å². The number of hydrogen-bond donors (Lipinski definition) is 1. The first-order valence-corrected chi connectivity index (χ1v) is 10.3. The molecule has 29 heavy (non-hydrogen) atoms. The smallest absolute Gasteiger partial charge is 0.213 e. The lowest BCUT2D eigenvalue weighted by molar-refractivity contribution is 0.476. The highest BCUT2D eigenvalue weighted by atomic mass is 32.2. The van der Waals surface area contributed by atoms with Crippen molar-refractivity contribution >= 4 is 43.2 Å². The van der Waals surface area contributed by atoms with Crippen LogP contribution in [-0.2, 0) is 10.3 Å². The van der Waals surface area contributed by atoms with Crippen LogP contribution in [0.1, 0.15) is 13.3 Å². The van der Waals surface area contributed by atoms with Crippen LogP contribution in [0.25, 0.3) is 33.3 Å².